The van der Waals surface area contributed by atoms with E-state index >= 15 is 0 Å². The van der Waals surface area contributed by atoms with Crippen molar-refractivity contribution in [3.63, 3.8) is 0 Å². The van der Waals surface area contributed by atoms with Gasteiger partial charge in [-0.25, -0.2) is 0 Å². The van der Waals surface area contributed by atoms with Crippen LogP contribution in [0.4, 0.5) is 5.69 Å². The predicted octanol–water partition coefficient (Wildman–Crippen LogP) is 6.57. The number of aromatic nitrogens is 1. The molecule has 4 heteroatoms. The molecule has 0 aliphatic rings. The van der Waals surface area contributed by atoms with Gasteiger partial charge >= 0.3 is 0 Å². The summed E-state index contributed by atoms with van der Waals surface area (Å²) in [5.41, 5.74) is 5.55. The van der Waals surface area contributed by atoms with Crippen molar-refractivity contribution in [3.8, 4) is 0 Å². The van der Waals surface area contributed by atoms with Gasteiger partial charge in [0.15, 0.2) is 0 Å². The van der Waals surface area contributed by atoms with Gasteiger partial charge in [0.2, 0.25) is 0 Å². The van der Waals surface area contributed by atoms with Gasteiger partial charge in [-0.15, -0.1) is 6.58 Å². The Morgan fingerprint density at radius 1 is 1.26 bits per heavy atom. The number of pyridine rings is 1. The number of nitrogens with one attached hydrogen (secondary N) is 1. The smallest absolute Gasteiger partial charge is 0.0418 e. The van der Waals surface area contributed by atoms with E-state index in [-0.39, 0.29) is 0 Å². The average Bonchev–Trinajstić information content (AvgIpc) is 2.48. The molecule has 1 N–H and O–H groups in total. The molecule has 2 aromatic rings. The number of anilines is 1. The maximum atomic E-state index is 6.17. The van der Waals surface area contributed by atoms with Gasteiger partial charge in [-0.2, -0.15) is 0 Å². The van der Waals surface area contributed by atoms with Crippen LogP contribution in [0.15, 0.2) is 59.4 Å². The van der Waals surface area contributed by atoms with Crippen molar-refractivity contribution < 1.29 is 0 Å². The lowest BCUT2D eigenvalue weighted by Crippen LogP contribution is -1.98. The van der Waals surface area contributed by atoms with E-state index in [1.54, 1.807) is 12.3 Å². The molecule has 0 saturated heterocycles. The number of hydrogen-bond acceptors (Lipinski definition) is 2. The van der Waals surface area contributed by atoms with Crippen molar-refractivity contribution in [1.29, 1.82) is 0 Å². The van der Waals surface area contributed by atoms with E-state index in [1.165, 1.54) is 5.57 Å². The summed E-state index contributed by atoms with van der Waals surface area (Å²) in [5.74, 6) is 0. The Bertz CT molecular complexity index is 704. The SMILES string of the molecule is C=CC.CNc1ccc(Cl)cc1C(=C(C)C)c1cncc(Br)c1. The summed E-state index contributed by atoms with van der Waals surface area (Å²) in [7, 11) is 1.91. The van der Waals surface area contributed by atoms with Crippen LogP contribution in [0.3, 0.4) is 0 Å². The number of benzene rings is 1. The Hall–Kier alpha value is -1.58. The molecule has 2 rings (SSSR count). The summed E-state index contributed by atoms with van der Waals surface area (Å²) in [4.78, 5) is 4.26. The van der Waals surface area contributed by atoms with Gasteiger partial charge < -0.3 is 5.32 Å². The zero-order valence-corrected chi connectivity index (χ0v) is 16.3. The zero-order valence-electron chi connectivity index (χ0n) is 14.0. The largest absolute Gasteiger partial charge is 0.388 e. The third kappa shape index (κ3) is 5.52. The normalized spacial score (nSPS) is 9.48. The minimum atomic E-state index is 0.723. The second kappa shape index (κ2) is 9.53. The molecule has 0 saturated carbocycles. The monoisotopic (exact) mass is 392 g/mol. The minimum Gasteiger partial charge on any atom is -0.388 e. The fraction of sp³-hybridized carbons (Fsp3) is 0.211. The quantitative estimate of drug-likeness (QED) is 0.596. The van der Waals surface area contributed by atoms with Crippen molar-refractivity contribution in [3.05, 3.63) is 75.5 Å². The molecule has 1 heterocycles. The molecule has 0 aliphatic heterocycles. The lowest BCUT2D eigenvalue weighted by atomic mass is 9.94. The highest BCUT2D eigenvalue weighted by Crippen LogP contribution is 2.34. The standard InChI is InChI=1S/C16H16BrClN2.C3H6/c1-10(2)16(11-6-12(17)9-20-8-11)14-7-13(18)4-5-15(14)19-3;1-3-2/h4-9,19H,1-3H3;3H,1H2,2H3. The van der Waals surface area contributed by atoms with Crippen molar-refractivity contribution in [2.24, 2.45) is 0 Å². The van der Waals surface area contributed by atoms with Crippen LogP contribution in [0.2, 0.25) is 5.02 Å². The van der Waals surface area contributed by atoms with Gasteiger partial charge in [0.1, 0.15) is 0 Å². The second-order valence-corrected chi connectivity index (χ2v) is 6.47. The number of allylic oxidation sites excluding steroid dienone is 2. The second-order valence-electron chi connectivity index (χ2n) is 5.11. The fourth-order valence-corrected chi connectivity index (χ4v) is 2.74. The van der Waals surface area contributed by atoms with Gasteiger partial charge in [-0.05, 0) is 66.5 Å². The number of halogens is 2. The number of rotatable bonds is 3. The van der Waals surface area contributed by atoms with E-state index < -0.39 is 0 Å². The number of nitrogens with zero attached hydrogens (tertiary/aromatic N) is 1. The van der Waals surface area contributed by atoms with Gasteiger partial charge in [-0.3, -0.25) is 4.98 Å². The van der Waals surface area contributed by atoms with E-state index in [0.29, 0.717) is 0 Å². The molecular formula is C19H22BrClN2. The third-order valence-electron chi connectivity index (χ3n) is 3.01. The Balaban J connectivity index is 0.000000816. The third-order valence-corrected chi connectivity index (χ3v) is 3.68. The summed E-state index contributed by atoms with van der Waals surface area (Å²) in [6, 6.07) is 7.93. The Labute approximate surface area is 152 Å². The van der Waals surface area contributed by atoms with Crippen LogP contribution in [0, 0.1) is 0 Å². The molecule has 0 unspecified atom stereocenters. The van der Waals surface area contributed by atoms with Crippen molar-refractivity contribution in [2.75, 3.05) is 12.4 Å². The summed E-state index contributed by atoms with van der Waals surface area (Å²) < 4.78 is 0.960. The van der Waals surface area contributed by atoms with E-state index in [1.807, 2.05) is 38.4 Å². The lowest BCUT2D eigenvalue weighted by molar-refractivity contribution is 1.27. The zero-order chi connectivity index (χ0) is 17.4. The van der Waals surface area contributed by atoms with E-state index in [4.69, 9.17) is 11.6 Å². The first kappa shape index (κ1) is 19.5. The van der Waals surface area contributed by atoms with Crippen molar-refractivity contribution in [1.82, 2.24) is 4.98 Å². The Morgan fingerprint density at radius 3 is 2.43 bits per heavy atom. The maximum Gasteiger partial charge on any atom is 0.0418 e. The van der Waals surface area contributed by atoms with Crippen molar-refractivity contribution in [2.45, 2.75) is 20.8 Å². The first-order chi connectivity index (χ1) is 10.9. The highest BCUT2D eigenvalue weighted by atomic mass is 79.9. The first-order valence-electron chi connectivity index (χ1n) is 7.27. The van der Waals surface area contributed by atoms with Gasteiger partial charge in [-0.1, -0.05) is 23.3 Å². The lowest BCUT2D eigenvalue weighted by Gasteiger charge is -2.16. The van der Waals surface area contributed by atoms with Crippen LogP contribution in [0.1, 0.15) is 31.9 Å². The van der Waals surface area contributed by atoms with E-state index in [0.717, 1.165) is 31.9 Å². The Morgan fingerprint density at radius 2 is 1.91 bits per heavy atom. The molecule has 0 radical (unpaired) electrons. The molecule has 2 nitrogen and oxygen atoms in total. The molecule has 0 bridgehead atoms. The van der Waals surface area contributed by atoms with E-state index in [9.17, 15) is 0 Å². The fourth-order valence-electron chi connectivity index (χ4n) is 2.20. The maximum absolute atomic E-state index is 6.17. The summed E-state index contributed by atoms with van der Waals surface area (Å²) in [6.45, 7) is 9.44. The molecule has 0 fully saturated rings. The topological polar surface area (TPSA) is 24.9 Å². The van der Waals surface area contributed by atoms with Gasteiger partial charge in [0.05, 0.1) is 0 Å². The van der Waals surface area contributed by atoms with Gasteiger partial charge in [0, 0.05) is 45.8 Å². The number of hydrogen-bond donors (Lipinski definition) is 1. The molecule has 0 atom stereocenters. The first-order valence-corrected chi connectivity index (χ1v) is 8.44. The molecule has 0 aliphatic carbocycles. The molecule has 0 spiro atoms. The van der Waals surface area contributed by atoms with Crippen LogP contribution in [0.5, 0.6) is 0 Å². The van der Waals surface area contributed by atoms with Crippen LogP contribution < -0.4 is 5.32 Å². The van der Waals surface area contributed by atoms with Crippen LogP contribution in [0.25, 0.3) is 5.57 Å². The van der Waals surface area contributed by atoms with E-state index in [2.05, 4.69) is 52.7 Å². The summed E-state index contributed by atoms with van der Waals surface area (Å²) >= 11 is 9.64. The minimum absolute atomic E-state index is 0.723. The predicted molar refractivity (Wildman–Crippen MR) is 106 cm³/mol. The Kier molecular flexibility index (Phi) is 8.07. The molecule has 122 valence electrons. The average molecular weight is 394 g/mol. The molecule has 1 aromatic carbocycles. The molecule has 0 amide bonds. The van der Waals surface area contributed by atoms with Crippen LogP contribution in [-0.2, 0) is 0 Å². The van der Waals surface area contributed by atoms with Gasteiger partial charge in [0.25, 0.3) is 0 Å². The van der Waals surface area contributed by atoms with Crippen LogP contribution in [-0.4, -0.2) is 12.0 Å². The summed E-state index contributed by atoms with van der Waals surface area (Å²) in [5, 5.41) is 3.94. The molecule has 1 aromatic heterocycles. The van der Waals surface area contributed by atoms with Crippen molar-refractivity contribution >= 4 is 38.8 Å². The highest BCUT2D eigenvalue weighted by Gasteiger charge is 2.12. The summed E-state index contributed by atoms with van der Waals surface area (Å²) in [6.07, 6.45) is 5.40. The molecule has 23 heavy (non-hydrogen) atoms. The highest BCUT2D eigenvalue weighted by molar-refractivity contribution is 9.10. The van der Waals surface area contributed by atoms with Crippen LogP contribution >= 0.6 is 27.5 Å². The molecular weight excluding hydrogens is 372 g/mol.